The standard InChI is InChI=1S/C17H22N4OS/c1-20-15(13-6-5-7-14-16(13)19-23-18-14)10-12(17(20)22)11-21-8-3-2-4-9-21/h5-7,12,15H,2-4,8-11H2,1H3. The zero-order chi connectivity index (χ0) is 15.8. The van der Waals surface area contributed by atoms with Gasteiger partial charge in [0.05, 0.1) is 23.7 Å². The second-order valence-corrected chi connectivity index (χ2v) is 7.27. The van der Waals surface area contributed by atoms with Gasteiger partial charge in [-0.15, -0.1) is 0 Å². The van der Waals surface area contributed by atoms with Crippen LogP contribution >= 0.6 is 11.7 Å². The number of likely N-dealkylation sites (tertiary alicyclic amines) is 2. The SMILES string of the molecule is CN1C(=O)C(CN2CCCCC2)CC1c1cccc2nsnc12. The number of carbonyl (C=O) groups excluding carboxylic acids is 1. The van der Waals surface area contributed by atoms with Crippen molar-refractivity contribution >= 4 is 28.7 Å². The number of rotatable bonds is 3. The van der Waals surface area contributed by atoms with Crippen molar-refractivity contribution in [3.05, 3.63) is 23.8 Å². The average molecular weight is 330 g/mol. The lowest BCUT2D eigenvalue weighted by Crippen LogP contribution is -2.36. The van der Waals surface area contributed by atoms with Crippen molar-refractivity contribution in [3.63, 3.8) is 0 Å². The third-order valence-electron chi connectivity index (χ3n) is 5.28. The maximum Gasteiger partial charge on any atom is 0.227 e. The van der Waals surface area contributed by atoms with E-state index in [-0.39, 0.29) is 17.9 Å². The summed E-state index contributed by atoms with van der Waals surface area (Å²) >= 11 is 1.25. The number of fused-ring (bicyclic) bond motifs is 1. The zero-order valence-corrected chi connectivity index (χ0v) is 14.3. The highest BCUT2D eigenvalue weighted by molar-refractivity contribution is 7.00. The van der Waals surface area contributed by atoms with E-state index < -0.39 is 0 Å². The molecule has 2 unspecified atom stereocenters. The molecule has 1 amide bonds. The van der Waals surface area contributed by atoms with Gasteiger partial charge in [0.2, 0.25) is 5.91 Å². The van der Waals surface area contributed by atoms with Gasteiger partial charge in [-0.1, -0.05) is 18.6 Å². The van der Waals surface area contributed by atoms with Gasteiger partial charge < -0.3 is 9.80 Å². The van der Waals surface area contributed by atoms with E-state index in [9.17, 15) is 4.79 Å². The van der Waals surface area contributed by atoms with Gasteiger partial charge in [-0.3, -0.25) is 4.79 Å². The fraction of sp³-hybridized carbons (Fsp3) is 0.588. The van der Waals surface area contributed by atoms with Gasteiger partial charge in [0.25, 0.3) is 0 Å². The van der Waals surface area contributed by atoms with Crippen molar-refractivity contribution in [2.24, 2.45) is 5.92 Å². The van der Waals surface area contributed by atoms with E-state index in [1.165, 1.54) is 31.0 Å². The molecule has 2 aromatic rings. The maximum absolute atomic E-state index is 12.7. The molecular formula is C17H22N4OS. The third kappa shape index (κ3) is 2.74. The van der Waals surface area contributed by atoms with Crippen LogP contribution in [-0.4, -0.2) is 51.1 Å². The quantitative estimate of drug-likeness (QED) is 0.868. The Morgan fingerprint density at radius 1 is 1.22 bits per heavy atom. The highest BCUT2D eigenvalue weighted by Crippen LogP contribution is 2.38. The minimum Gasteiger partial charge on any atom is -0.338 e. The first-order valence-corrected chi connectivity index (χ1v) is 9.17. The minimum atomic E-state index is 0.116. The first kappa shape index (κ1) is 15.0. The lowest BCUT2D eigenvalue weighted by molar-refractivity contribution is -0.131. The maximum atomic E-state index is 12.7. The Kier molecular flexibility index (Phi) is 4.03. The molecule has 1 aromatic carbocycles. The van der Waals surface area contributed by atoms with E-state index in [1.807, 2.05) is 24.1 Å². The lowest BCUT2D eigenvalue weighted by atomic mass is 9.97. The average Bonchev–Trinajstić information content (AvgIpc) is 3.16. The first-order chi connectivity index (χ1) is 11.2. The van der Waals surface area contributed by atoms with E-state index in [2.05, 4.69) is 19.7 Å². The van der Waals surface area contributed by atoms with Gasteiger partial charge in [-0.2, -0.15) is 8.75 Å². The number of hydrogen-bond donors (Lipinski definition) is 0. The monoisotopic (exact) mass is 330 g/mol. The summed E-state index contributed by atoms with van der Waals surface area (Å²) in [7, 11) is 1.93. The molecule has 2 atom stereocenters. The van der Waals surface area contributed by atoms with Crippen LogP contribution in [0.25, 0.3) is 11.0 Å². The highest BCUT2D eigenvalue weighted by Gasteiger charge is 2.39. The molecule has 23 heavy (non-hydrogen) atoms. The molecule has 2 aliphatic heterocycles. The summed E-state index contributed by atoms with van der Waals surface area (Å²) in [5.41, 5.74) is 3.04. The molecule has 4 rings (SSSR count). The number of hydrogen-bond acceptors (Lipinski definition) is 5. The molecule has 0 saturated carbocycles. The molecule has 0 radical (unpaired) electrons. The summed E-state index contributed by atoms with van der Waals surface area (Å²) in [6.45, 7) is 3.19. The molecule has 1 aromatic heterocycles. The molecular weight excluding hydrogens is 308 g/mol. The smallest absolute Gasteiger partial charge is 0.227 e. The predicted molar refractivity (Wildman–Crippen MR) is 91.3 cm³/mol. The predicted octanol–water partition coefficient (Wildman–Crippen LogP) is 2.70. The zero-order valence-electron chi connectivity index (χ0n) is 13.4. The van der Waals surface area contributed by atoms with Gasteiger partial charge in [-0.25, -0.2) is 0 Å². The molecule has 0 N–H and O–H groups in total. The molecule has 0 spiro atoms. The van der Waals surface area contributed by atoms with Crippen LogP contribution in [0.15, 0.2) is 18.2 Å². The van der Waals surface area contributed by atoms with Crippen LogP contribution in [0.1, 0.15) is 37.3 Å². The van der Waals surface area contributed by atoms with Gasteiger partial charge in [-0.05, 0) is 38.4 Å². The van der Waals surface area contributed by atoms with Gasteiger partial charge in [0, 0.05) is 19.2 Å². The lowest BCUT2D eigenvalue weighted by Gasteiger charge is -2.28. The molecule has 0 bridgehead atoms. The van der Waals surface area contributed by atoms with Crippen molar-refractivity contribution < 1.29 is 4.79 Å². The van der Waals surface area contributed by atoms with Crippen LogP contribution in [0.2, 0.25) is 0 Å². The van der Waals surface area contributed by atoms with Crippen molar-refractivity contribution in [3.8, 4) is 0 Å². The topological polar surface area (TPSA) is 49.3 Å². The number of piperidine rings is 1. The summed E-state index contributed by atoms with van der Waals surface area (Å²) in [6.07, 6.45) is 4.76. The van der Waals surface area contributed by atoms with Crippen molar-refractivity contribution in [1.29, 1.82) is 0 Å². The molecule has 3 heterocycles. The highest BCUT2D eigenvalue weighted by atomic mass is 32.1. The van der Waals surface area contributed by atoms with Crippen LogP contribution < -0.4 is 0 Å². The number of nitrogens with zero attached hydrogens (tertiary/aromatic N) is 4. The molecule has 2 fully saturated rings. The fourth-order valence-corrected chi connectivity index (χ4v) is 4.56. The number of amides is 1. The van der Waals surface area contributed by atoms with Crippen molar-refractivity contribution in [2.45, 2.75) is 31.7 Å². The third-order valence-corrected chi connectivity index (χ3v) is 5.82. The Morgan fingerprint density at radius 2 is 2.04 bits per heavy atom. The second-order valence-electron chi connectivity index (χ2n) is 6.74. The van der Waals surface area contributed by atoms with Crippen LogP contribution in [0.3, 0.4) is 0 Å². The van der Waals surface area contributed by atoms with Gasteiger partial charge >= 0.3 is 0 Å². The Bertz CT molecular complexity index is 709. The molecule has 2 saturated heterocycles. The number of benzene rings is 1. The van der Waals surface area contributed by atoms with Crippen molar-refractivity contribution in [2.75, 3.05) is 26.7 Å². The molecule has 2 aliphatic rings. The molecule has 0 aliphatic carbocycles. The largest absolute Gasteiger partial charge is 0.338 e. The second kappa shape index (κ2) is 6.17. The summed E-state index contributed by atoms with van der Waals surface area (Å²) in [5.74, 6) is 0.394. The Hall–Kier alpha value is -1.53. The Morgan fingerprint density at radius 3 is 2.87 bits per heavy atom. The van der Waals surface area contributed by atoms with E-state index in [1.54, 1.807) is 0 Å². The van der Waals surface area contributed by atoms with Crippen LogP contribution in [0.4, 0.5) is 0 Å². The van der Waals surface area contributed by atoms with Gasteiger partial charge in [0.15, 0.2) is 0 Å². The van der Waals surface area contributed by atoms with E-state index in [4.69, 9.17) is 0 Å². The Labute approximate surface area is 140 Å². The molecule has 6 heteroatoms. The van der Waals surface area contributed by atoms with Crippen molar-refractivity contribution in [1.82, 2.24) is 18.5 Å². The summed E-state index contributed by atoms with van der Waals surface area (Å²) in [4.78, 5) is 17.1. The minimum absolute atomic E-state index is 0.116. The van der Waals surface area contributed by atoms with Crippen LogP contribution in [0.5, 0.6) is 0 Å². The summed E-state index contributed by atoms with van der Waals surface area (Å²) in [5, 5.41) is 0. The first-order valence-electron chi connectivity index (χ1n) is 8.44. The molecule has 5 nitrogen and oxygen atoms in total. The van der Waals surface area contributed by atoms with Gasteiger partial charge in [0.1, 0.15) is 11.0 Å². The fourth-order valence-electron chi connectivity index (χ4n) is 4.01. The summed E-state index contributed by atoms with van der Waals surface area (Å²) in [6, 6.07) is 6.24. The van der Waals surface area contributed by atoms with Crippen LogP contribution in [-0.2, 0) is 4.79 Å². The van der Waals surface area contributed by atoms with E-state index in [0.717, 1.165) is 42.7 Å². The van der Waals surface area contributed by atoms with E-state index >= 15 is 0 Å². The normalized spacial score (nSPS) is 26.3. The van der Waals surface area contributed by atoms with Crippen LogP contribution in [0, 0.1) is 5.92 Å². The molecule has 122 valence electrons. The number of aromatic nitrogens is 2. The van der Waals surface area contributed by atoms with E-state index in [0.29, 0.717) is 0 Å². The number of carbonyl (C=O) groups is 1. The summed E-state index contributed by atoms with van der Waals surface area (Å²) < 4.78 is 8.77. The Balaban J connectivity index is 1.56.